The number of hydrogen-bond acceptors (Lipinski definition) is 4. The number of imidazole rings is 1. The summed E-state index contributed by atoms with van der Waals surface area (Å²) in [6.45, 7) is 2.01. The van der Waals surface area contributed by atoms with Crippen molar-refractivity contribution < 1.29 is 18.7 Å². The highest BCUT2D eigenvalue weighted by Gasteiger charge is 2.17. The lowest BCUT2D eigenvalue weighted by atomic mass is 10.2. The molecular formula is C14H17F2N3O2S. The second-order valence-electron chi connectivity index (χ2n) is 4.94. The molecule has 0 saturated heterocycles. The van der Waals surface area contributed by atoms with E-state index in [0.29, 0.717) is 29.3 Å². The summed E-state index contributed by atoms with van der Waals surface area (Å²) in [6, 6.07) is 6.98. The van der Waals surface area contributed by atoms with Crippen LogP contribution in [0.4, 0.5) is 8.78 Å². The number of fused-ring (bicyclic) bond motifs is 1. The summed E-state index contributed by atoms with van der Waals surface area (Å²) in [5, 5.41) is 11.7. The van der Waals surface area contributed by atoms with Crippen LogP contribution in [-0.2, 0) is 11.3 Å². The minimum absolute atomic E-state index is 0.0270. The first-order chi connectivity index (χ1) is 10.5. The first-order valence-electron chi connectivity index (χ1n) is 6.79. The fourth-order valence-electron chi connectivity index (χ4n) is 1.93. The van der Waals surface area contributed by atoms with Gasteiger partial charge in [-0.3, -0.25) is 4.79 Å². The lowest BCUT2D eigenvalue weighted by Crippen LogP contribution is -2.32. The minimum atomic E-state index is -2.60. The van der Waals surface area contributed by atoms with Crippen LogP contribution in [0.3, 0.4) is 0 Å². The van der Waals surface area contributed by atoms with Crippen molar-refractivity contribution in [2.45, 2.75) is 24.4 Å². The Morgan fingerprint density at radius 1 is 1.45 bits per heavy atom. The van der Waals surface area contributed by atoms with Crippen LogP contribution in [0, 0.1) is 5.92 Å². The number of alkyl halides is 2. The van der Waals surface area contributed by atoms with Gasteiger partial charge >= 0.3 is 0 Å². The number of para-hydroxylation sites is 2. The van der Waals surface area contributed by atoms with Gasteiger partial charge < -0.3 is 15.0 Å². The minimum Gasteiger partial charge on any atom is -0.396 e. The van der Waals surface area contributed by atoms with Gasteiger partial charge in [-0.2, -0.15) is 8.78 Å². The van der Waals surface area contributed by atoms with E-state index in [2.05, 4.69) is 10.3 Å². The summed E-state index contributed by atoms with van der Waals surface area (Å²) in [5.74, 6) is -2.97. The van der Waals surface area contributed by atoms with Crippen LogP contribution in [-0.4, -0.2) is 39.5 Å². The molecule has 1 heterocycles. The molecule has 8 heteroatoms. The van der Waals surface area contributed by atoms with Crippen LogP contribution in [0.25, 0.3) is 11.0 Å². The summed E-state index contributed by atoms with van der Waals surface area (Å²) >= 11 is 0.320. The molecule has 0 radical (unpaired) electrons. The molecule has 2 N–H and O–H groups in total. The number of carbonyl (C=O) groups is 1. The Morgan fingerprint density at radius 2 is 2.18 bits per heavy atom. The predicted molar refractivity (Wildman–Crippen MR) is 80.9 cm³/mol. The van der Waals surface area contributed by atoms with Crippen LogP contribution < -0.4 is 5.32 Å². The van der Waals surface area contributed by atoms with Crippen LogP contribution in [0.5, 0.6) is 0 Å². The smallest absolute Gasteiger partial charge is 0.291 e. The molecule has 5 nitrogen and oxygen atoms in total. The van der Waals surface area contributed by atoms with Gasteiger partial charge in [-0.15, -0.1) is 0 Å². The maximum absolute atomic E-state index is 12.6. The van der Waals surface area contributed by atoms with Gasteiger partial charge in [-0.25, -0.2) is 4.98 Å². The molecule has 0 aliphatic rings. The SMILES string of the molecule is CC(CO)CNC(=O)Cn1c(SC(F)F)nc2ccccc21. The maximum atomic E-state index is 12.6. The van der Waals surface area contributed by atoms with E-state index < -0.39 is 5.76 Å². The molecule has 1 atom stereocenters. The lowest BCUT2D eigenvalue weighted by molar-refractivity contribution is -0.121. The van der Waals surface area contributed by atoms with Crippen molar-refractivity contribution in [3.05, 3.63) is 24.3 Å². The zero-order valence-corrected chi connectivity index (χ0v) is 12.8. The Balaban J connectivity index is 2.19. The topological polar surface area (TPSA) is 67.2 Å². The van der Waals surface area contributed by atoms with E-state index in [0.717, 1.165) is 0 Å². The van der Waals surface area contributed by atoms with E-state index in [9.17, 15) is 13.6 Å². The first kappa shape index (κ1) is 16.7. The summed E-state index contributed by atoms with van der Waals surface area (Å²) in [7, 11) is 0. The molecule has 1 unspecified atom stereocenters. The quantitative estimate of drug-likeness (QED) is 0.764. The third kappa shape index (κ3) is 4.17. The van der Waals surface area contributed by atoms with Crippen molar-refractivity contribution in [1.29, 1.82) is 0 Å². The van der Waals surface area contributed by atoms with Crippen molar-refractivity contribution in [1.82, 2.24) is 14.9 Å². The van der Waals surface area contributed by atoms with Gasteiger partial charge in [0.2, 0.25) is 5.91 Å². The molecule has 0 spiro atoms. The first-order valence-corrected chi connectivity index (χ1v) is 7.67. The average Bonchev–Trinajstić information content (AvgIpc) is 2.82. The summed E-state index contributed by atoms with van der Waals surface area (Å²) in [6.07, 6.45) is 0. The van der Waals surface area contributed by atoms with E-state index in [4.69, 9.17) is 5.11 Å². The number of benzene rings is 1. The number of aliphatic hydroxyl groups excluding tert-OH is 1. The van der Waals surface area contributed by atoms with Crippen LogP contribution in [0.1, 0.15) is 6.92 Å². The Hall–Kier alpha value is -1.67. The van der Waals surface area contributed by atoms with E-state index >= 15 is 0 Å². The second-order valence-corrected chi connectivity index (χ2v) is 5.90. The van der Waals surface area contributed by atoms with Gasteiger partial charge in [-0.05, 0) is 29.8 Å². The van der Waals surface area contributed by atoms with Crippen molar-refractivity contribution in [2.24, 2.45) is 5.92 Å². The molecule has 1 amide bonds. The highest BCUT2D eigenvalue weighted by molar-refractivity contribution is 7.99. The highest BCUT2D eigenvalue weighted by atomic mass is 32.2. The molecule has 1 aromatic heterocycles. The largest absolute Gasteiger partial charge is 0.396 e. The lowest BCUT2D eigenvalue weighted by Gasteiger charge is -2.12. The predicted octanol–water partition coefficient (Wildman–Crippen LogP) is 2.10. The molecular weight excluding hydrogens is 312 g/mol. The van der Waals surface area contributed by atoms with Crippen molar-refractivity contribution in [3.63, 3.8) is 0 Å². The molecule has 2 rings (SSSR count). The third-order valence-electron chi connectivity index (χ3n) is 3.08. The third-order valence-corrected chi connectivity index (χ3v) is 3.78. The fraction of sp³-hybridized carbons (Fsp3) is 0.429. The van der Waals surface area contributed by atoms with E-state index in [1.165, 1.54) is 4.57 Å². The Morgan fingerprint density at radius 3 is 2.86 bits per heavy atom. The van der Waals surface area contributed by atoms with E-state index in [-0.39, 0.29) is 30.1 Å². The molecule has 0 aliphatic carbocycles. The standard InChI is InChI=1S/C14H17F2N3O2S/c1-9(8-20)6-17-12(21)7-19-11-5-3-2-4-10(11)18-14(19)22-13(15)16/h2-5,9,13,20H,6-8H2,1H3,(H,17,21). The molecule has 120 valence electrons. The number of nitrogens with zero attached hydrogens (tertiary/aromatic N) is 2. The number of rotatable bonds is 7. The number of carbonyl (C=O) groups excluding carboxylic acids is 1. The van der Waals surface area contributed by atoms with Gasteiger partial charge in [-0.1, -0.05) is 19.1 Å². The Bertz CT molecular complexity index is 648. The van der Waals surface area contributed by atoms with Gasteiger partial charge in [0.1, 0.15) is 6.54 Å². The van der Waals surface area contributed by atoms with Crippen molar-refractivity contribution >= 4 is 28.7 Å². The molecule has 0 bridgehead atoms. The van der Waals surface area contributed by atoms with Gasteiger partial charge in [0.25, 0.3) is 5.76 Å². The zero-order chi connectivity index (χ0) is 16.1. The average molecular weight is 329 g/mol. The van der Waals surface area contributed by atoms with E-state index in [1.54, 1.807) is 31.2 Å². The number of thioether (sulfide) groups is 1. The Kier molecular flexibility index (Phi) is 5.73. The normalized spacial score (nSPS) is 12.8. The number of nitrogens with one attached hydrogen (secondary N) is 1. The molecule has 22 heavy (non-hydrogen) atoms. The monoisotopic (exact) mass is 329 g/mol. The fourth-order valence-corrected chi connectivity index (χ4v) is 2.53. The van der Waals surface area contributed by atoms with Gasteiger partial charge in [0.05, 0.1) is 11.0 Å². The highest BCUT2D eigenvalue weighted by Crippen LogP contribution is 2.28. The second kappa shape index (κ2) is 7.55. The molecule has 0 saturated carbocycles. The molecule has 2 aromatic rings. The van der Waals surface area contributed by atoms with Gasteiger partial charge in [0, 0.05) is 13.2 Å². The number of aliphatic hydroxyl groups is 1. The number of hydrogen-bond donors (Lipinski definition) is 2. The maximum Gasteiger partial charge on any atom is 0.291 e. The number of aromatic nitrogens is 2. The zero-order valence-electron chi connectivity index (χ0n) is 12.0. The summed E-state index contributed by atoms with van der Waals surface area (Å²) < 4.78 is 26.8. The van der Waals surface area contributed by atoms with Crippen molar-refractivity contribution in [3.8, 4) is 0 Å². The van der Waals surface area contributed by atoms with Gasteiger partial charge in [0.15, 0.2) is 5.16 Å². The van der Waals surface area contributed by atoms with Crippen LogP contribution >= 0.6 is 11.8 Å². The Labute approximate surface area is 130 Å². The van der Waals surface area contributed by atoms with Crippen molar-refractivity contribution in [2.75, 3.05) is 13.2 Å². The molecule has 1 aromatic carbocycles. The van der Waals surface area contributed by atoms with Crippen LogP contribution in [0.2, 0.25) is 0 Å². The number of amides is 1. The molecule has 0 aliphatic heterocycles. The van der Waals surface area contributed by atoms with Crippen LogP contribution in [0.15, 0.2) is 29.4 Å². The summed E-state index contributed by atoms with van der Waals surface area (Å²) in [5.41, 5.74) is 1.21. The number of halogens is 2. The molecule has 0 fully saturated rings. The summed E-state index contributed by atoms with van der Waals surface area (Å²) in [4.78, 5) is 16.1. The van der Waals surface area contributed by atoms with E-state index in [1.807, 2.05) is 0 Å².